The molecule has 9 nitrogen and oxygen atoms in total. The Bertz CT molecular complexity index is 1690. The number of hydrogen-bond acceptors (Lipinski definition) is 7. The van der Waals surface area contributed by atoms with Crippen LogP contribution in [0.3, 0.4) is 0 Å². The summed E-state index contributed by atoms with van der Waals surface area (Å²) in [4.78, 5) is 40.7. The Morgan fingerprint density at radius 2 is 1.80 bits per heavy atom. The molecule has 3 amide bonds. The highest BCUT2D eigenvalue weighted by Gasteiger charge is 2.37. The first-order chi connectivity index (χ1) is 19.3. The second kappa shape index (κ2) is 10.0. The van der Waals surface area contributed by atoms with Gasteiger partial charge in [0.05, 0.1) is 51.6 Å². The molecule has 40 heavy (non-hydrogen) atoms. The van der Waals surface area contributed by atoms with Crippen molar-refractivity contribution in [1.29, 1.82) is 5.26 Å². The van der Waals surface area contributed by atoms with Crippen LogP contribution < -0.4 is 10.1 Å². The van der Waals surface area contributed by atoms with Crippen LogP contribution in [0.4, 0.5) is 8.78 Å². The Balaban J connectivity index is 1.30. The zero-order valence-corrected chi connectivity index (χ0v) is 21.5. The Morgan fingerprint density at radius 1 is 1.10 bits per heavy atom. The van der Waals surface area contributed by atoms with E-state index in [0.29, 0.717) is 35.0 Å². The van der Waals surface area contributed by atoms with Crippen LogP contribution in [0.1, 0.15) is 41.5 Å². The number of imide groups is 1. The molecule has 2 aliphatic heterocycles. The molecule has 4 heterocycles. The van der Waals surface area contributed by atoms with Crippen LogP contribution in [0.5, 0.6) is 5.06 Å². The molecule has 0 spiro atoms. The molecule has 0 saturated carbocycles. The number of hydrogen-bond donors (Lipinski definition) is 1. The second-order valence-corrected chi connectivity index (χ2v) is 10.3. The SMILES string of the molecule is N#Cc1cnn2c1-c1cc(C(=O)N[C@@H](Cc3cc(F)cc(F)c3)CN3C(=O)c4ccccc4C3=O)sc1OCC2. The van der Waals surface area contributed by atoms with Crippen molar-refractivity contribution in [3.63, 3.8) is 0 Å². The molecular weight excluding hydrogens is 540 g/mol. The van der Waals surface area contributed by atoms with Crippen molar-refractivity contribution >= 4 is 29.1 Å². The summed E-state index contributed by atoms with van der Waals surface area (Å²) in [5.41, 5.74) is 2.17. The smallest absolute Gasteiger partial charge is 0.261 e. The van der Waals surface area contributed by atoms with Crippen LogP contribution in [-0.2, 0) is 13.0 Å². The Labute approximate surface area is 230 Å². The van der Waals surface area contributed by atoms with E-state index >= 15 is 0 Å². The van der Waals surface area contributed by atoms with E-state index in [1.807, 2.05) is 0 Å². The lowest BCUT2D eigenvalue weighted by Gasteiger charge is -2.24. The summed E-state index contributed by atoms with van der Waals surface area (Å²) in [7, 11) is 0. The third-order valence-electron chi connectivity index (χ3n) is 6.69. The van der Waals surface area contributed by atoms with E-state index in [9.17, 15) is 28.4 Å². The summed E-state index contributed by atoms with van der Waals surface area (Å²) in [6, 6.07) is 12.2. The lowest BCUT2D eigenvalue weighted by Crippen LogP contribution is -2.46. The zero-order chi connectivity index (χ0) is 28.0. The van der Waals surface area contributed by atoms with Crippen LogP contribution in [-0.4, -0.2) is 51.6 Å². The minimum atomic E-state index is -0.876. The highest BCUT2D eigenvalue weighted by Crippen LogP contribution is 2.41. The van der Waals surface area contributed by atoms with Crippen LogP contribution in [0.15, 0.2) is 54.7 Å². The highest BCUT2D eigenvalue weighted by atomic mass is 32.1. The molecule has 0 fully saturated rings. The van der Waals surface area contributed by atoms with Gasteiger partial charge in [0.1, 0.15) is 24.3 Å². The van der Waals surface area contributed by atoms with Gasteiger partial charge < -0.3 is 10.1 Å². The number of fused-ring (bicyclic) bond motifs is 4. The minimum absolute atomic E-state index is 0.0548. The topological polar surface area (TPSA) is 117 Å². The van der Waals surface area contributed by atoms with Gasteiger partial charge in [-0.3, -0.25) is 24.0 Å². The quantitative estimate of drug-likeness (QED) is 0.359. The standard InChI is InChI=1S/C28H19F2N5O4S/c29-17-7-15(8-18(30)10-17)9-19(14-34-26(37)20-3-1-2-4-21(20)27(34)38)33-25(36)23-11-22-24-16(12-31)13-32-35(24)5-6-39-28(22)40-23/h1-4,7-8,10-11,13,19H,5-6,9,14H2,(H,33,36)/t19-/m0/s1. The van der Waals surface area contributed by atoms with E-state index < -0.39 is 35.4 Å². The van der Waals surface area contributed by atoms with Crippen LogP contribution in [0, 0.1) is 23.0 Å². The third kappa shape index (κ3) is 4.50. The molecule has 2 aromatic carbocycles. The lowest BCUT2D eigenvalue weighted by atomic mass is 10.0. The summed E-state index contributed by atoms with van der Waals surface area (Å²) >= 11 is 1.08. The number of aromatic nitrogens is 2. The summed E-state index contributed by atoms with van der Waals surface area (Å²) in [5.74, 6) is -3.14. The number of carbonyl (C=O) groups is 3. The number of nitrogens with zero attached hydrogens (tertiary/aromatic N) is 4. The van der Waals surface area contributed by atoms with Crippen molar-refractivity contribution < 1.29 is 27.9 Å². The van der Waals surface area contributed by atoms with Crippen LogP contribution in [0.2, 0.25) is 0 Å². The molecule has 12 heteroatoms. The van der Waals surface area contributed by atoms with Gasteiger partial charge in [-0.2, -0.15) is 10.4 Å². The number of nitrogens with one attached hydrogen (secondary N) is 1. The first-order valence-corrected chi connectivity index (χ1v) is 13.1. The van der Waals surface area contributed by atoms with Gasteiger partial charge in [0.25, 0.3) is 17.7 Å². The molecule has 1 atom stereocenters. The van der Waals surface area contributed by atoms with Crippen molar-refractivity contribution in [3.05, 3.63) is 93.5 Å². The van der Waals surface area contributed by atoms with Crippen molar-refractivity contribution in [2.24, 2.45) is 0 Å². The Kier molecular flexibility index (Phi) is 6.36. The number of amides is 3. The van der Waals surface area contributed by atoms with Gasteiger partial charge >= 0.3 is 0 Å². The molecule has 200 valence electrons. The summed E-state index contributed by atoms with van der Waals surface area (Å²) in [6.07, 6.45) is 1.40. The molecule has 0 radical (unpaired) electrons. The molecule has 6 rings (SSSR count). The third-order valence-corrected chi connectivity index (χ3v) is 7.74. The van der Waals surface area contributed by atoms with Gasteiger partial charge in [-0.25, -0.2) is 8.78 Å². The fourth-order valence-electron chi connectivity index (χ4n) is 4.96. The minimum Gasteiger partial charge on any atom is -0.481 e. The molecule has 2 aromatic heterocycles. The van der Waals surface area contributed by atoms with E-state index in [0.717, 1.165) is 34.4 Å². The number of ether oxygens (including phenoxy) is 1. The Morgan fingerprint density at radius 3 is 2.48 bits per heavy atom. The predicted molar refractivity (Wildman–Crippen MR) is 139 cm³/mol. The first-order valence-electron chi connectivity index (χ1n) is 12.3. The molecular formula is C28H19F2N5O4S. The normalized spacial score (nSPS) is 14.5. The number of nitriles is 1. The van der Waals surface area contributed by atoms with Crippen molar-refractivity contribution in [2.75, 3.05) is 13.2 Å². The number of rotatable bonds is 6. The average Bonchev–Trinajstić information content (AvgIpc) is 3.56. The van der Waals surface area contributed by atoms with E-state index in [4.69, 9.17) is 4.74 Å². The Hall–Kier alpha value is -4.89. The predicted octanol–water partition coefficient (Wildman–Crippen LogP) is 3.79. The van der Waals surface area contributed by atoms with Crippen LogP contribution >= 0.6 is 11.3 Å². The van der Waals surface area contributed by atoms with Crippen molar-refractivity contribution in [1.82, 2.24) is 20.0 Å². The fraction of sp³-hybridized carbons (Fsp3) is 0.179. The number of thiophene rings is 1. The molecule has 4 aromatic rings. The van der Waals surface area contributed by atoms with Gasteiger partial charge in [-0.05, 0) is 42.3 Å². The summed E-state index contributed by atoms with van der Waals surface area (Å²) in [5, 5.41) is 17.0. The highest BCUT2D eigenvalue weighted by molar-refractivity contribution is 7.16. The van der Waals surface area contributed by atoms with Gasteiger partial charge in [0, 0.05) is 12.6 Å². The molecule has 0 unspecified atom stereocenters. The molecule has 0 aliphatic carbocycles. The van der Waals surface area contributed by atoms with Gasteiger partial charge in [-0.15, -0.1) is 0 Å². The number of benzene rings is 2. The monoisotopic (exact) mass is 559 g/mol. The summed E-state index contributed by atoms with van der Waals surface area (Å²) < 4.78 is 35.3. The van der Waals surface area contributed by atoms with E-state index in [2.05, 4.69) is 16.5 Å². The molecule has 0 bridgehead atoms. The van der Waals surface area contributed by atoms with Crippen LogP contribution in [0.25, 0.3) is 11.3 Å². The maximum atomic E-state index is 13.9. The lowest BCUT2D eigenvalue weighted by molar-refractivity contribution is 0.0629. The zero-order valence-electron chi connectivity index (χ0n) is 20.7. The molecule has 2 aliphatic rings. The van der Waals surface area contributed by atoms with E-state index in [1.54, 1.807) is 35.0 Å². The van der Waals surface area contributed by atoms with Gasteiger partial charge in [0.2, 0.25) is 0 Å². The largest absolute Gasteiger partial charge is 0.481 e. The molecule has 1 N–H and O–H groups in total. The maximum absolute atomic E-state index is 13.9. The molecule has 0 saturated heterocycles. The first kappa shape index (κ1) is 25.4. The summed E-state index contributed by atoms with van der Waals surface area (Å²) in [6.45, 7) is 0.511. The number of carbonyl (C=O) groups excluding carboxylic acids is 3. The van der Waals surface area contributed by atoms with Crippen molar-refractivity contribution in [2.45, 2.75) is 19.0 Å². The fourth-order valence-corrected chi connectivity index (χ4v) is 5.90. The van der Waals surface area contributed by atoms with E-state index in [-0.39, 0.29) is 34.5 Å². The van der Waals surface area contributed by atoms with Gasteiger partial charge in [-0.1, -0.05) is 23.5 Å². The number of halogens is 2. The van der Waals surface area contributed by atoms with Gasteiger partial charge in [0.15, 0.2) is 5.06 Å². The maximum Gasteiger partial charge on any atom is 0.261 e. The average molecular weight is 560 g/mol. The second-order valence-electron chi connectivity index (χ2n) is 9.32. The van der Waals surface area contributed by atoms with Crippen molar-refractivity contribution in [3.8, 4) is 22.4 Å². The van der Waals surface area contributed by atoms with E-state index in [1.165, 1.54) is 6.20 Å².